The van der Waals surface area contributed by atoms with E-state index in [9.17, 15) is 14.4 Å². The number of esters is 1. The second kappa shape index (κ2) is 8.83. The van der Waals surface area contributed by atoms with Crippen LogP contribution in [-0.4, -0.2) is 36.4 Å². The summed E-state index contributed by atoms with van der Waals surface area (Å²) in [4.78, 5) is 34.6. The van der Waals surface area contributed by atoms with Crippen LogP contribution in [0.25, 0.3) is 0 Å². The third kappa shape index (κ3) is 6.26. The molecule has 0 spiro atoms. The van der Waals surface area contributed by atoms with Crippen LogP contribution in [0.5, 0.6) is 5.75 Å². The highest BCUT2D eigenvalue weighted by Gasteiger charge is 2.30. The maximum Gasteiger partial charge on any atom is 0.344 e. The maximum atomic E-state index is 11.8. The third-order valence-electron chi connectivity index (χ3n) is 3.77. The Morgan fingerprint density at radius 3 is 2.28 bits per heavy atom. The van der Waals surface area contributed by atoms with Gasteiger partial charge in [0, 0.05) is 5.56 Å². The summed E-state index contributed by atoms with van der Waals surface area (Å²) in [6, 6.07) is 8.35. The molecule has 0 radical (unpaired) electrons. The molecule has 0 unspecified atom stereocenters. The van der Waals surface area contributed by atoms with E-state index in [2.05, 4.69) is 5.32 Å². The number of carbonyl (C=O) groups is 3. The fourth-order valence-electron chi connectivity index (χ4n) is 1.74. The van der Waals surface area contributed by atoms with E-state index in [1.807, 2.05) is 6.07 Å². The largest absolute Gasteiger partial charge is 0.482 e. The first kappa shape index (κ1) is 20.2. The first-order chi connectivity index (χ1) is 11.7. The first-order valence-electron chi connectivity index (χ1n) is 7.79. The molecule has 1 N–H and O–H groups in total. The van der Waals surface area contributed by atoms with Crippen LogP contribution in [0.15, 0.2) is 24.3 Å². The maximum absolute atomic E-state index is 11.8. The van der Waals surface area contributed by atoms with Crippen LogP contribution >= 0.6 is 0 Å². The minimum Gasteiger partial charge on any atom is -0.482 e. The van der Waals surface area contributed by atoms with Crippen LogP contribution < -0.4 is 10.1 Å². The molecule has 1 amide bonds. The average Bonchev–Trinajstić information content (AvgIpc) is 2.58. The van der Waals surface area contributed by atoms with E-state index in [-0.39, 0.29) is 18.3 Å². The lowest BCUT2D eigenvalue weighted by Gasteiger charge is -2.27. The van der Waals surface area contributed by atoms with Gasteiger partial charge in [0.2, 0.25) is 0 Å². The number of nitriles is 1. The molecule has 1 atom stereocenters. The van der Waals surface area contributed by atoms with Crippen molar-refractivity contribution in [1.82, 2.24) is 5.32 Å². The number of Topliss-reactive ketones (excluding diaryl/α,β-unsaturated/α-hetero) is 1. The summed E-state index contributed by atoms with van der Waals surface area (Å²) < 4.78 is 10.0. The molecule has 0 aliphatic heterocycles. The Labute approximate surface area is 146 Å². The van der Waals surface area contributed by atoms with Gasteiger partial charge in [0.25, 0.3) is 5.91 Å². The summed E-state index contributed by atoms with van der Waals surface area (Å²) >= 11 is 0. The molecule has 0 bridgehead atoms. The van der Waals surface area contributed by atoms with E-state index in [0.29, 0.717) is 11.3 Å². The van der Waals surface area contributed by atoms with Crippen molar-refractivity contribution in [1.29, 1.82) is 5.26 Å². The molecule has 0 fully saturated rings. The van der Waals surface area contributed by atoms with Gasteiger partial charge in [0.1, 0.15) is 11.3 Å². The number of ketones is 1. The Morgan fingerprint density at radius 1 is 1.20 bits per heavy atom. The van der Waals surface area contributed by atoms with Crippen molar-refractivity contribution in [2.24, 2.45) is 5.92 Å². The van der Waals surface area contributed by atoms with Gasteiger partial charge < -0.3 is 14.8 Å². The quantitative estimate of drug-likeness (QED) is 0.569. The van der Waals surface area contributed by atoms with Crippen LogP contribution in [0.3, 0.4) is 0 Å². The van der Waals surface area contributed by atoms with Crippen molar-refractivity contribution < 1.29 is 23.9 Å². The number of hydrogen-bond donors (Lipinski definition) is 1. The third-order valence-corrected chi connectivity index (χ3v) is 3.77. The van der Waals surface area contributed by atoms with Crippen molar-refractivity contribution in [3.8, 4) is 11.8 Å². The summed E-state index contributed by atoms with van der Waals surface area (Å²) in [5, 5.41) is 11.7. The number of nitrogens with one attached hydrogen (secondary N) is 1. The summed E-state index contributed by atoms with van der Waals surface area (Å²) in [5.74, 6) is -1.03. The smallest absolute Gasteiger partial charge is 0.344 e. The van der Waals surface area contributed by atoms with Gasteiger partial charge in [-0.25, -0.2) is 4.79 Å². The van der Waals surface area contributed by atoms with Crippen molar-refractivity contribution in [2.45, 2.75) is 33.2 Å². The van der Waals surface area contributed by atoms with Crippen LogP contribution in [0.4, 0.5) is 0 Å². The molecule has 25 heavy (non-hydrogen) atoms. The van der Waals surface area contributed by atoms with Gasteiger partial charge in [-0.2, -0.15) is 5.26 Å². The molecular weight excluding hydrogens is 324 g/mol. The molecule has 7 nitrogen and oxygen atoms in total. The predicted molar refractivity (Wildman–Crippen MR) is 89.9 cm³/mol. The Morgan fingerprint density at radius 2 is 1.80 bits per heavy atom. The molecule has 0 saturated carbocycles. The van der Waals surface area contributed by atoms with Gasteiger partial charge in [-0.3, -0.25) is 9.59 Å². The highest BCUT2D eigenvalue weighted by molar-refractivity contribution is 5.94. The summed E-state index contributed by atoms with van der Waals surface area (Å²) in [6.45, 7) is 5.81. The highest BCUT2D eigenvalue weighted by Crippen LogP contribution is 2.15. The number of amides is 1. The van der Waals surface area contributed by atoms with Gasteiger partial charge in [-0.05, 0) is 44.0 Å². The Kier molecular flexibility index (Phi) is 7.12. The number of ether oxygens (including phenoxy) is 2. The SMILES string of the molecule is CC(=O)c1ccc(OCC(=O)OCC(=O)N[C@@](C)(C#N)C(C)C)cc1. The van der Waals surface area contributed by atoms with Gasteiger partial charge in [-0.15, -0.1) is 0 Å². The molecule has 0 aliphatic carbocycles. The lowest BCUT2D eigenvalue weighted by molar-refractivity contribution is -0.150. The fourth-order valence-corrected chi connectivity index (χ4v) is 1.74. The molecular formula is C18H22N2O5. The van der Waals surface area contributed by atoms with Crippen LogP contribution in [0.1, 0.15) is 38.1 Å². The normalized spacial score (nSPS) is 12.6. The second-order valence-electron chi connectivity index (χ2n) is 6.05. The zero-order valence-electron chi connectivity index (χ0n) is 14.8. The van der Waals surface area contributed by atoms with Crippen LogP contribution in [0, 0.1) is 17.2 Å². The van der Waals surface area contributed by atoms with Gasteiger partial charge in [0.05, 0.1) is 6.07 Å². The molecule has 1 rings (SSSR count). The topological polar surface area (TPSA) is 105 Å². The minimum absolute atomic E-state index is 0.0669. The van der Waals surface area contributed by atoms with E-state index < -0.39 is 24.0 Å². The molecule has 7 heteroatoms. The van der Waals surface area contributed by atoms with E-state index in [4.69, 9.17) is 14.7 Å². The van der Waals surface area contributed by atoms with Crippen molar-refractivity contribution in [2.75, 3.05) is 13.2 Å². The molecule has 134 valence electrons. The Balaban J connectivity index is 2.41. The lowest BCUT2D eigenvalue weighted by atomic mass is 9.90. The summed E-state index contributed by atoms with van der Waals surface area (Å²) in [6.07, 6.45) is 0. The zero-order valence-corrected chi connectivity index (χ0v) is 14.8. The second-order valence-corrected chi connectivity index (χ2v) is 6.05. The Hall–Kier alpha value is -2.88. The molecule has 0 heterocycles. The van der Waals surface area contributed by atoms with Gasteiger partial charge >= 0.3 is 5.97 Å². The zero-order chi connectivity index (χ0) is 19.0. The van der Waals surface area contributed by atoms with E-state index >= 15 is 0 Å². The number of rotatable bonds is 8. The van der Waals surface area contributed by atoms with E-state index in [1.54, 1.807) is 45.0 Å². The molecule has 1 aromatic carbocycles. The average molecular weight is 346 g/mol. The number of nitrogens with zero attached hydrogens (tertiary/aromatic N) is 1. The molecule has 0 saturated heterocycles. The summed E-state index contributed by atoms with van der Waals surface area (Å²) in [5.41, 5.74) is -0.490. The van der Waals surface area contributed by atoms with Crippen molar-refractivity contribution in [3.63, 3.8) is 0 Å². The minimum atomic E-state index is -1.03. The van der Waals surface area contributed by atoms with Crippen LogP contribution in [-0.2, 0) is 14.3 Å². The van der Waals surface area contributed by atoms with E-state index in [0.717, 1.165) is 0 Å². The molecule has 1 aromatic rings. The molecule has 0 aromatic heterocycles. The van der Waals surface area contributed by atoms with Crippen molar-refractivity contribution >= 4 is 17.7 Å². The van der Waals surface area contributed by atoms with Crippen molar-refractivity contribution in [3.05, 3.63) is 29.8 Å². The summed E-state index contributed by atoms with van der Waals surface area (Å²) in [7, 11) is 0. The fraction of sp³-hybridized carbons (Fsp3) is 0.444. The Bertz CT molecular complexity index is 676. The lowest BCUT2D eigenvalue weighted by Crippen LogP contribution is -2.50. The number of carbonyl (C=O) groups excluding carboxylic acids is 3. The predicted octanol–water partition coefficient (Wildman–Crippen LogP) is 1.87. The monoisotopic (exact) mass is 346 g/mol. The van der Waals surface area contributed by atoms with Crippen LogP contribution in [0.2, 0.25) is 0 Å². The van der Waals surface area contributed by atoms with Gasteiger partial charge in [-0.1, -0.05) is 13.8 Å². The standard InChI is InChI=1S/C18H22N2O5/c1-12(2)18(4,11-19)20-16(22)9-25-17(23)10-24-15-7-5-14(6-8-15)13(3)21/h5-8,12H,9-10H2,1-4H3,(H,20,22)/t18-/m0/s1. The van der Waals surface area contributed by atoms with Gasteiger partial charge in [0.15, 0.2) is 19.0 Å². The number of hydrogen-bond acceptors (Lipinski definition) is 6. The highest BCUT2D eigenvalue weighted by atomic mass is 16.6. The van der Waals surface area contributed by atoms with E-state index in [1.165, 1.54) is 6.92 Å². The number of benzene rings is 1. The molecule has 0 aliphatic rings. The first-order valence-corrected chi connectivity index (χ1v) is 7.79.